The maximum atomic E-state index is 11.6. The predicted molar refractivity (Wildman–Crippen MR) is 60.3 cm³/mol. The summed E-state index contributed by atoms with van der Waals surface area (Å²) in [5, 5.41) is 0. The molecule has 0 aromatic carbocycles. The summed E-state index contributed by atoms with van der Waals surface area (Å²) in [6.45, 7) is 5.00. The van der Waals surface area contributed by atoms with Crippen LogP contribution in [0.3, 0.4) is 0 Å². The zero-order chi connectivity index (χ0) is 12.3. The Morgan fingerprint density at radius 1 is 1.50 bits per heavy atom. The number of carbonyl (C=O) groups excluding carboxylic acids is 1. The van der Waals surface area contributed by atoms with Crippen molar-refractivity contribution < 1.29 is 17.9 Å². The van der Waals surface area contributed by atoms with E-state index < -0.39 is 10.0 Å². The molecule has 94 valence electrons. The molecule has 1 aliphatic heterocycles. The van der Waals surface area contributed by atoms with Crippen molar-refractivity contribution in [3.8, 4) is 0 Å². The molecule has 1 saturated heterocycles. The third kappa shape index (κ3) is 3.75. The molecule has 0 aromatic heterocycles. The quantitative estimate of drug-likeness (QED) is 0.679. The summed E-state index contributed by atoms with van der Waals surface area (Å²) in [5.74, 6) is -0.273. The van der Waals surface area contributed by atoms with Gasteiger partial charge in [-0.05, 0) is 12.3 Å². The van der Waals surface area contributed by atoms with Crippen LogP contribution in [0.4, 0.5) is 0 Å². The number of sulfonamides is 1. The third-order valence-corrected chi connectivity index (χ3v) is 3.78. The molecule has 1 unspecified atom stereocenters. The lowest BCUT2D eigenvalue weighted by Crippen LogP contribution is -2.29. The molecule has 0 aromatic rings. The second-order valence-electron chi connectivity index (χ2n) is 4.63. The Morgan fingerprint density at radius 2 is 2.12 bits per heavy atom. The number of rotatable bonds is 4. The van der Waals surface area contributed by atoms with Crippen molar-refractivity contribution in [1.82, 2.24) is 4.31 Å². The summed E-state index contributed by atoms with van der Waals surface area (Å²) in [7, 11) is -3.17. The predicted octanol–water partition coefficient (Wildman–Crippen LogP) is 0.467. The first-order chi connectivity index (χ1) is 7.30. The average molecular weight is 249 g/mol. The van der Waals surface area contributed by atoms with Gasteiger partial charge in [0.15, 0.2) is 0 Å². The number of ether oxygens (including phenoxy) is 1. The summed E-state index contributed by atoms with van der Waals surface area (Å²) in [6.07, 6.45) is 1.72. The van der Waals surface area contributed by atoms with E-state index in [1.165, 1.54) is 4.31 Å². The number of carbonyl (C=O) groups is 1. The fourth-order valence-electron chi connectivity index (χ4n) is 1.59. The van der Waals surface area contributed by atoms with Crippen molar-refractivity contribution >= 4 is 16.0 Å². The van der Waals surface area contributed by atoms with E-state index in [-0.39, 0.29) is 18.4 Å². The van der Waals surface area contributed by atoms with Crippen molar-refractivity contribution in [2.24, 2.45) is 11.8 Å². The van der Waals surface area contributed by atoms with Gasteiger partial charge in [0.1, 0.15) is 0 Å². The second-order valence-corrected chi connectivity index (χ2v) is 6.61. The highest BCUT2D eigenvalue weighted by atomic mass is 32.2. The molecule has 6 heteroatoms. The molecule has 16 heavy (non-hydrogen) atoms. The van der Waals surface area contributed by atoms with Gasteiger partial charge in [-0.15, -0.1) is 0 Å². The standard InChI is InChI=1S/C10H19NO4S/c1-8(2)7-15-10(12)9-4-5-11(6-9)16(3,13)14/h8-9H,4-7H2,1-3H3. The summed E-state index contributed by atoms with van der Waals surface area (Å²) in [5.41, 5.74) is 0. The molecule has 0 amide bonds. The minimum atomic E-state index is -3.17. The molecular formula is C10H19NO4S. The fraction of sp³-hybridized carbons (Fsp3) is 0.900. The van der Waals surface area contributed by atoms with Crippen LogP contribution in [-0.4, -0.2) is 44.6 Å². The lowest BCUT2D eigenvalue weighted by Gasteiger charge is -2.13. The van der Waals surface area contributed by atoms with Crippen molar-refractivity contribution in [3.05, 3.63) is 0 Å². The Balaban J connectivity index is 2.44. The minimum absolute atomic E-state index is 0.260. The molecule has 1 heterocycles. The van der Waals surface area contributed by atoms with Gasteiger partial charge in [-0.1, -0.05) is 13.8 Å². The lowest BCUT2D eigenvalue weighted by molar-refractivity contribution is -0.149. The van der Waals surface area contributed by atoms with Gasteiger partial charge in [0, 0.05) is 13.1 Å². The molecule has 0 N–H and O–H groups in total. The van der Waals surface area contributed by atoms with E-state index in [2.05, 4.69) is 0 Å². The van der Waals surface area contributed by atoms with Gasteiger partial charge in [0.2, 0.25) is 10.0 Å². The molecule has 1 atom stereocenters. The van der Waals surface area contributed by atoms with Crippen molar-refractivity contribution in [3.63, 3.8) is 0 Å². The molecule has 0 spiro atoms. The minimum Gasteiger partial charge on any atom is -0.465 e. The molecule has 5 nitrogen and oxygen atoms in total. The van der Waals surface area contributed by atoms with Crippen LogP contribution in [-0.2, 0) is 19.6 Å². The smallest absolute Gasteiger partial charge is 0.310 e. The average Bonchev–Trinajstić information content (AvgIpc) is 2.61. The molecule has 0 bridgehead atoms. The SMILES string of the molecule is CC(C)COC(=O)C1CCN(S(C)(=O)=O)C1. The lowest BCUT2D eigenvalue weighted by atomic mass is 10.1. The Morgan fingerprint density at radius 3 is 2.56 bits per heavy atom. The van der Waals surface area contributed by atoms with Gasteiger partial charge in [0.25, 0.3) is 0 Å². The number of nitrogens with zero attached hydrogens (tertiary/aromatic N) is 1. The zero-order valence-corrected chi connectivity index (χ0v) is 10.8. The van der Waals surface area contributed by atoms with Crippen LogP contribution in [0.25, 0.3) is 0 Å². The highest BCUT2D eigenvalue weighted by Crippen LogP contribution is 2.20. The topological polar surface area (TPSA) is 63.7 Å². The summed E-state index contributed by atoms with van der Waals surface area (Å²) < 4.78 is 28.9. The number of hydrogen-bond acceptors (Lipinski definition) is 4. The summed E-state index contributed by atoms with van der Waals surface area (Å²) in [4.78, 5) is 11.6. The normalized spacial score (nSPS) is 22.6. The maximum absolute atomic E-state index is 11.6. The van der Waals surface area contributed by atoms with Gasteiger partial charge in [-0.3, -0.25) is 4.79 Å². The Kier molecular flexibility index (Phi) is 4.32. The van der Waals surface area contributed by atoms with Crippen LogP contribution < -0.4 is 0 Å². The van der Waals surface area contributed by atoms with Gasteiger partial charge in [-0.2, -0.15) is 0 Å². The highest BCUT2D eigenvalue weighted by molar-refractivity contribution is 7.88. The fourth-order valence-corrected chi connectivity index (χ4v) is 2.48. The number of hydrogen-bond donors (Lipinski definition) is 0. The van der Waals surface area contributed by atoms with Crippen LogP contribution in [0, 0.1) is 11.8 Å². The maximum Gasteiger partial charge on any atom is 0.310 e. The molecule has 0 aliphatic carbocycles. The molecule has 0 saturated carbocycles. The monoisotopic (exact) mass is 249 g/mol. The largest absolute Gasteiger partial charge is 0.465 e. The van der Waals surface area contributed by atoms with Crippen LogP contribution in [0.2, 0.25) is 0 Å². The van der Waals surface area contributed by atoms with E-state index in [9.17, 15) is 13.2 Å². The van der Waals surface area contributed by atoms with Crippen molar-refractivity contribution in [2.45, 2.75) is 20.3 Å². The summed E-state index contributed by atoms with van der Waals surface area (Å²) >= 11 is 0. The van der Waals surface area contributed by atoms with E-state index in [4.69, 9.17) is 4.74 Å². The second kappa shape index (κ2) is 5.14. The highest BCUT2D eigenvalue weighted by Gasteiger charge is 2.33. The molecular weight excluding hydrogens is 230 g/mol. The van der Waals surface area contributed by atoms with Gasteiger partial charge >= 0.3 is 5.97 Å². The van der Waals surface area contributed by atoms with E-state index in [1.807, 2.05) is 13.8 Å². The molecule has 1 fully saturated rings. The Labute approximate surface area is 96.8 Å². The summed E-state index contributed by atoms with van der Waals surface area (Å²) in [6, 6.07) is 0. The van der Waals surface area contributed by atoms with E-state index in [1.54, 1.807) is 0 Å². The molecule has 1 rings (SSSR count). The van der Waals surface area contributed by atoms with Crippen LogP contribution >= 0.6 is 0 Å². The van der Waals surface area contributed by atoms with Crippen molar-refractivity contribution in [2.75, 3.05) is 26.0 Å². The third-order valence-electron chi connectivity index (χ3n) is 2.51. The zero-order valence-electron chi connectivity index (χ0n) is 9.97. The Bertz CT molecular complexity index is 350. The van der Waals surface area contributed by atoms with Gasteiger partial charge in [0.05, 0.1) is 18.8 Å². The first-order valence-corrected chi connectivity index (χ1v) is 7.27. The first-order valence-electron chi connectivity index (χ1n) is 5.42. The van der Waals surface area contributed by atoms with Gasteiger partial charge < -0.3 is 4.74 Å². The van der Waals surface area contributed by atoms with Gasteiger partial charge in [-0.25, -0.2) is 12.7 Å². The van der Waals surface area contributed by atoms with Crippen LogP contribution in [0.1, 0.15) is 20.3 Å². The van der Waals surface area contributed by atoms with Crippen LogP contribution in [0.5, 0.6) is 0 Å². The van der Waals surface area contributed by atoms with E-state index >= 15 is 0 Å². The van der Waals surface area contributed by atoms with Crippen LogP contribution in [0.15, 0.2) is 0 Å². The van der Waals surface area contributed by atoms with E-state index in [0.717, 1.165) is 6.26 Å². The van der Waals surface area contributed by atoms with E-state index in [0.29, 0.717) is 25.5 Å². The Hall–Kier alpha value is -0.620. The number of esters is 1. The first kappa shape index (κ1) is 13.4. The molecule has 1 aliphatic rings. The van der Waals surface area contributed by atoms with Crippen molar-refractivity contribution in [1.29, 1.82) is 0 Å². The molecule has 0 radical (unpaired) electrons.